The molecule has 0 atom stereocenters. The van der Waals surface area contributed by atoms with Gasteiger partial charge in [0.05, 0.1) is 17.2 Å². The second kappa shape index (κ2) is 8.51. The van der Waals surface area contributed by atoms with Crippen LogP contribution in [0.25, 0.3) is 10.7 Å². The lowest BCUT2D eigenvalue weighted by atomic mass is 10.2. The van der Waals surface area contributed by atoms with Crippen molar-refractivity contribution in [3.63, 3.8) is 0 Å². The van der Waals surface area contributed by atoms with Gasteiger partial charge in [-0.25, -0.2) is 0 Å². The lowest BCUT2D eigenvalue weighted by Gasteiger charge is -2.02. The Labute approximate surface area is 154 Å². The van der Waals surface area contributed by atoms with E-state index in [9.17, 15) is 4.79 Å². The third kappa shape index (κ3) is 4.72. The summed E-state index contributed by atoms with van der Waals surface area (Å²) >= 11 is 2.97. The maximum absolute atomic E-state index is 11.9. The third-order valence-corrected chi connectivity index (χ3v) is 5.18. The topological polar surface area (TPSA) is 59.8 Å². The summed E-state index contributed by atoms with van der Waals surface area (Å²) < 4.78 is 1.90. The Bertz CT molecular complexity index is 892. The highest BCUT2D eigenvalue weighted by atomic mass is 32.2. The van der Waals surface area contributed by atoms with Crippen LogP contribution in [-0.4, -0.2) is 33.0 Å². The van der Waals surface area contributed by atoms with Gasteiger partial charge in [-0.15, -0.1) is 21.5 Å². The van der Waals surface area contributed by atoms with Crippen molar-refractivity contribution in [1.29, 1.82) is 0 Å². The maximum Gasteiger partial charge on any atom is 0.231 e. The second-order valence-corrected chi connectivity index (χ2v) is 6.97. The average molecular weight is 368 g/mol. The first-order chi connectivity index (χ1) is 12.2. The highest BCUT2D eigenvalue weighted by Gasteiger charge is 2.13. The van der Waals surface area contributed by atoms with Crippen LogP contribution < -0.4 is 5.32 Å². The number of rotatable bonds is 5. The van der Waals surface area contributed by atoms with E-state index < -0.39 is 0 Å². The Morgan fingerprint density at radius 1 is 1.24 bits per heavy atom. The standard InChI is InChI=1S/C18H16N4OS2/c1-22-17(15-10-6-12-24-15)20-21-18(22)25-13-16(23)19-11-5-9-14-7-3-2-4-8-14/h2-4,6-8,10,12H,11,13H2,1H3,(H,19,23). The van der Waals surface area contributed by atoms with Crippen LogP contribution in [0.15, 0.2) is 53.0 Å². The summed E-state index contributed by atoms with van der Waals surface area (Å²) in [5.74, 6) is 6.96. The minimum absolute atomic E-state index is 0.0759. The third-order valence-electron chi connectivity index (χ3n) is 3.29. The van der Waals surface area contributed by atoms with E-state index in [1.807, 2.05) is 59.5 Å². The first-order valence-corrected chi connectivity index (χ1v) is 9.47. The van der Waals surface area contributed by atoms with Crippen molar-refractivity contribution in [2.24, 2.45) is 7.05 Å². The number of thiophene rings is 1. The summed E-state index contributed by atoms with van der Waals surface area (Å²) in [6, 6.07) is 13.7. The SMILES string of the molecule is Cn1c(SCC(=O)NCC#Cc2ccccc2)nnc1-c1cccs1. The molecule has 0 aliphatic heterocycles. The minimum Gasteiger partial charge on any atom is -0.344 e. The van der Waals surface area contributed by atoms with E-state index >= 15 is 0 Å². The fraction of sp³-hybridized carbons (Fsp3) is 0.167. The van der Waals surface area contributed by atoms with E-state index in [2.05, 4.69) is 27.4 Å². The summed E-state index contributed by atoms with van der Waals surface area (Å²) in [6.45, 7) is 0.327. The summed E-state index contributed by atoms with van der Waals surface area (Å²) in [7, 11) is 1.90. The number of carbonyl (C=O) groups is 1. The Balaban J connectivity index is 1.48. The number of nitrogens with one attached hydrogen (secondary N) is 1. The number of thioether (sulfide) groups is 1. The van der Waals surface area contributed by atoms with Crippen molar-refractivity contribution in [1.82, 2.24) is 20.1 Å². The Morgan fingerprint density at radius 2 is 2.08 bits per heavy atom. The van der Waals surface area contributed by atoms with E-state index in [1.54, 1.807) is 11.3 Å². The van der Waals surface area contributed by atoms with E-state index in [-0.39, 0.29) is 11.7 Å². The molecule has 1 N–H and O–H groups in total. The first-order valence-electron chi connectivity index (χ1n) is 7.61. The second-order valence-electron chi connectivity index (χ2n) is 5.08. The fourth-order valence-electron chi connectivity index (χ4n) is 2.05. The summed E-state index contributed by atoms with van der Waals surface area (Å²) in [6.07, 6.45) is 0. The number of nitrogens with zero attached hydrogens (tertiary/aromatic N) is 3. The van der Waals surface area contributed by atoms with Gasteiger partial charge in [-0.1, -0.05) is 47.9 Å². The number of hydrogen-bond donors (Lipinski definition) is 1. The van der Waals surface area contributed by atoms with Gasteiger partial charge in [0.2, 0.25) is 5.91 Å². The van der Waals surface area contributed by atoms with Gasteiger partial charge in [0.25, 0.3) is 0 Å². The Hall–Kier alpha value is -2.56. The molecule has 0 aliphatic carbocycles. The number of carbonyl (C=O) groups excluding carboxylic acids is 1. The predicted octanol–water partition coefficient (Wildman–Crippen LogP) is 2.80. The summed E-state index contributed by atoms with van der Waals surface area (Å²) in [4.78, 5) is 13.0. The minimum atomic E-state index is -0.0759. The molecule has 1 aromatic carbocycles. The molecule has 126 valence electrons. The van der Waals surface area contributed by atoms with E-state index in [4.69, 9.17) is 0 Å². The molecule has 5 nitrogen and oxygen atoms in total. The molecule has 0 aliphatic rings. The monoisotopic (exact) mass is 368 g/mol. The van der Waals surface area contributed by atoms with Crippen LogP contribution in [-0.2, 0) is 11.8 Å². The molecule has 0 spiro atoms. The summed E-state index contributed by atoms with van der Waals surface area (Å²) in [5, 5.41) is 13.9. The quantitative estimate of drug-likeness (QED) is 0.556. The molecule has 0 unspecified atom stereocenters. The molecule has 0 bridgehead atoms. The zero-order chi connectivity index (χ0) is 17.5. The zero-order valence-electron chi connectivity index (χ0n) is 13.6. The van der Waals surface area contributed by atoms with Gasteiger partial charge >= 0.3 is 0 Å². The van der Waals surface area contributed by atoms with Gasteiger partial charge in [0, 0.05) is 12.6 Å². The maximum atomic E-state index is 11.9. The fourth-order valence-corrected chi connectivity index (χ4v) is 3.54. The predicted molar refractivity (Wildman–Crippen MR) is 101 cm³/mol. The van der Waals surface area contributed by atoms with Crippen LogP contribution in [0.4, 0.5) is 0 Å². The number of benzene rings is 1. The molecule has 0 saturated heterocycles. The van der Waals surface area contributed by atoms with Crippen LogP contribution >= 0.6 is 23.1 Å². The van der Waals surface area contributed by atoms with Crippen molar-refractivity contribution in [3.05, 3.63) is 53.4 Å². The number of aromatic nitrogens is 3. The molecule has 3 rings (SSSR count). The van der Waals surface area contributed by atoms with Crippen molar-refractivity contribution in [2.75, 3.05) is 12.3 Å². The van der Waals surface area contributed by atoms with Crippen LogP contribution in [0.1, 0.15) is 5.56 Å². The van der Waals surface area contributed by atoms with Crippen molar-refractivity contribution in [2.45, 2.75) is 5.16 Å². The lowest BCUT2D eigenvalue weighted by molar-refractivity contribution is -0.118. The number of amides is 1. The zero-order valence-corrected chi connectivity index (χ0v) is 15.2. The van der Waals surface area contributed by atoms with Crippen LogP contribution in [0.2, 0.25) is 0 Å². The molecule has 0 fully saturated rings. The average Bonchev–Trinajstić information content (AvgIpc) is 3.27. The number of hydrogen-bond acceptors (Lipinski definition) is 5. The molecule has 0 saturated carbocycles. The summed E-state index contributed by atoms with van der Waals surface area (Å²) in [5.41, 5.74) is 0.936. The van der Waals surface area contributed by atoms with Gasteiger partial charge < -0.3 is 9.88 Å². The van der Waals surface area contributed by atoms with Crippen LogP contribution in [0.3, 0.4) is 0 Å². The van der Waals surface area contributed by atoms with Gasteiger partial charge in [-0.3, -0.25) is 4.79 Å². The molecular weight excluding hydrogens is 352 g/mol. The Kier molecular flexibility index (Phi) is 5.88. The molecule has 3 aromatic rings. The first kappa shape index (κ1) is 17.3. The van der Waals surface area contributed by atoms with E-state index in [1.165, 1.54) is 11.8 Å². The smallest absolute Gasteiger partial charge is 0.231 e. The lowest BCUT2D eigenvalue weighted by Crippen LogP contribution is -2.25. The molecule has 25 heavy (non-hydrogen) atoms. The van der Waals surface area contributed by atoms with E-state index in [0.717, 1.165) is 16.3 Å². The highest BCUT2D eigenvalue weighted by molar-refractivity contribution is 7.99. The largest absolute Gasteiger partial charge is 0.344 e. The van der Waals surface area contributed by atoms with Crippen LogP contribution in [0.5, 0.6) is 0 Å². The van der Waals surface area contributed by atoms with Crippen molar-refractivity contribution < 1.29 is 4.79 Å². The molecule has 0 radical (unpaired) electrons. The van der Waals surface area contributed by atoms with Gasteiger partial charge in [0.1, 0.15) is 0 Å². The van der Waals surface area contributed by atoms with Gasteiger partial charge in [-0.2, -0.15) is 0 Å². The van der Waals surface area contributed by atoms with Gasteiger partial charge in [-0.05, 0) is 23.6 Å². The van der Waals surface area contributed by atoms with Crippen molar-refractivity contribution >= 4 is 29.0 Å². The molecule has 2 aromatic heterocycles. The van der Waals surface area contributed by atoms with E-state index in [0.29, 0.717) is 11.7 Å². The van der Waals surface area contributed by atoms with Crippen molar-refractivity contribution in [3.8, 4) is 22.5 Å². The molecule has 1 amide bonds. The van der Waals surface area contributed by atoms with Gasteiger partial charge in [0.15, 0.2) is 11.0 Å². The van der Waals surface area contributed by atoms with Crippen LogP contribution in [0, 0.1) is 11.8 Å². The molecule has 2 heterocycles. The Morgan fingerprint density at radius 3 is 2.84 bits per heavy atom. The molecular formula is C18H16N4OS2. The normalized spacial score (nSPS) is 10.1. The highest BCUT2D eigenvalue weighted by Crippen LogP contribution is 2.25. The molecule has 7 heteroatoms.